The van der Waals surface area contributed by atoms with Gasteiger partial charge in [-0.05, 0) is 47.3 Å². The van der Waals surface area contributed by atoms with Crippen LogP contribution in [0.5, 0.6) is 0 Å². The molecule has 3 rings (SSSR count). The van der Waals surface area contributed by atoms with Gasteiger partial charge < -0.3 is 4.98 Å². The van der Waals surface area contributed by atoms with Crippen molar-refractivity contribution < 1.29 is 4.39 Å². The van der Waals surface area contributed by atoms with Crippen LogP contribution in [-0.4, -0.2) is 9.97 Å². The number of hydrogen-bond donors (Lipinski definition) is 1. The van der Waals surface area contributed by atoms with Crippen LogP contribution >= 0.6 is 28.1 Å². The van der Waals surface area contributed by atoms with Crippen LogP contribution in [0, 0.1) is 17.4 Å². The van der Waals surface area contributed by atoms with Crippen LogP contribution in [0.15, 0.2) is 22.7 Å². The van der Waals surface area contributed by atoms with Crippen LogP contribution in [0.4, 0.5) is 4.39 Å². The molecule has 0 aliphatic heterocycles. The quantitative estimate of drug-likeness (QED) is 0.789. The third-order valence-electron chi connectivity index (χ3n) is 3.32. The lowest BCUT2D eigenvalue weighted by molar-refractivity contribution is 0.619. The molecule has 1 heterocycles. The lowest BCUT2D eigenvalue weighted by Gasteiger charge is -2.08. The first-order chi connectivity index (χ1) is 9.06. The number of rotatable bonds is 2. The van der Waals surface area contributed by atoms with E-state index in [4.69, 9.17) is 12.2 Å². The Morgan fingerprint density at radius 2 is 2.16 bits per heavy atom. The number of benzene rings is 1. The minimum atomic E-state index is -0.227. The molecule has 0 bridgehead atoms. The zero-order valence-corrected chi connectivity index (χ0v) is 12.7. The minimum Gasteiger partial charge on any atom is -0.342 e. The Balaban J connectivity index is 2.14. The highest BCUT2D eigenvalue weighted by atomic mass is 79.9. The molecule has 98 valence electrons. The van der Waals surface area contributed by atoms with E-state index in [-0.39, 0.29) is 5.82 Å². The van der Waals surface area contributed by atoms with Gasteiger partial charge in [0.2, 0.25) is 0 Å². The topological polar surface area (TPSA) is 28.7 Å². The molecule has 0 unspecified atom stereocenters. The number of nitrogens with zero attached hydrogens (tertiary/aromatic N) is 1. The van der Waals surface area contributed by atoms with E-state index in [2.05, 4.69) is 25.9 Å². The van der Waals surface area contributed by atoms with Crippen LogP contribution in [0.25, 0.3) is 11.4 Å². The molecule has 0 saturated heterocycles. The second kappa shape index (κ2) is 4.80. The molecular weight excluding hydrogens is 327 g/mol. The summed E-state index contributed by atoms with van der Waals surface area (Å²) < 4.78 is 15.0. The summed E-state index contributed by atoms with van der Waals surface area (Å²) in [5, 5.41) is 0. The summed E-state index contributed by atoms with van der Waals surface area (Å²) in [6.45, 7) is 1.74. The zero-order chi connectivity index (χ0) is 13.6. The predicted molar refractivity (Wildman–Crippen MR) is 79.2 cm³/mol. The summed E-state index contributed by atoms with van der Waals surface area (Å²) in [5.74, 6) is 0.927. The Hall–Kier alpha value is -1.07. The molecular formula is C14H12BrFN2S. The number of aromatic nitrogens is 2. The van der Waals surface area contributed by atoms with E-state index in [1.165, 1.54) is 6.07 Å². The molecule has 1 aliphatic rings. The van der Waals surface area contributed by atoms with Crippen molar-refractivity contribution in [2.24, 2.45) is 0 Å². The van der Waals surface area contributed by atoms with Gasteiger partial charge in [0, 0.05) is 17.2 Å². The van der Waals surface area contributed by atoms with Crippen LogP contribution in [-0.2, 0) is 0 Å². The number of H-pyrrole nitrogens is 1. The van der Waals surface area contributed by atoms with Gasteiger partial charge in [0.05, 0.1) is 4.47 Å². The average Bonchev–Trinajstić information content (AvgIpc) is 3.20. The van der Waals surface area contributed by atoms with E-state index >= 15 is 0 Å². The lowest BCUT2D eigenvalue weighted by atomic mass is 10.1. The van der Waals surface area contributed by atoms with Crippen molar-refractivity contribution in [3.8, 4) is 11.4 Å². The SMILES string of the molecule is Cc1ccc(-c2nc(=S)c(Br)c(C3CC3)[nH]2)cc1F. The highest BCUT2D eigenvalue weighted by Gasteiger charge is 2.27. The molecule has 1 N–H and O–H groups in total. The Morgan fingerprint density at radius 1 is 1.42 bits per heavy atom. The molecule has 2 nitrogen and oxygen atoms in total. The molecule has 0 atom stereocenters. The summed E-state index contributed by atoms with van der Waals surface area (Å²) in [6.07, 6.45) is 2.32. The largest absolute Gasteiger partial charge is 0.342 e. The number of nitrogens with one attached hydrogen (secondary N) is 1. The zero-order valence-electron chi connectivity index (χ0n) is 10.3. The fraction of sp³-hybridized carbons (Fsp3) is 0.286. The maximum Gasteiger partial charge on any atom is 0.144 e. The molecule has 1 aliphatic carbocycles. The number of hydrogen-bond acceptors (Lipinski definition) is 2. The van der Waals surface area contributed by atoms with Gasteiger partial charge in [0.25, 0.3) is 0 Å². The summed E-state index contributed by atoms with van der Waals surface area (Å²) >= 11 is 8.74. The Bertz CT molecular complexity index is 707. The van der Waals surface area contributed by atoms with Gasteiger partial charge in [-0.3, -0.25) is 0 Å². The van der Waals surface area contributed by atoms with Crippen LogP contribution in [0.3, 0.4) is 0 Å². The van der Waals surface area contributed by atoms with Gasteiger partial charge in [-0.1, -0.05) is 24.4 Å². The predicted octanol–water partition coefficient (Wildman–Crippen LogP) is 4.89. The van der Waals surface area contributed by atoms with Crippen molar-refractivity contribution in [2.75, 3.05) is 0 Å². The molecule has 2 aromatic rings. The molecule has 0 amide bonds. The monoisotopic (exact) mass is 338 g/mol. The van der Waals surface area contributed by atoms with Gasteiger partial charge in [-0.25, -0.2) is 9.37 Å². The summed E-state index contributed by atoms with van der Waals surface area (Å²) in [6, 6.07) is 5.10. The fourth-order valence-electron chi connectivity index (χ4n) is 2.01. The van der Waals surface area contributed by atoms with Crippen LogP contribution in [0.2, 0.25) is 0 Å². The van der Waals surface area contributed by atoms with E-state index in [1.807, 2.05) is 6.07 Å². The molecule has 0 radical (unpaired) electrons. The van der Waals surface area contributed by atoms with Gasteiger partial charge in [-0.15, -0.1) is 0 Å². The van der Waals surface area contributed by atoms with Crippen molar-refractivity contribution in [1.29, 1.82) is 0 Å². The fourth-order valence-corrected chi connectivity index (χ4v) is 2.72. The van der Waals surface area contributed by atoms with Crippen LogP contribution in [0.1, 0.15) is 30.0 Å². The lowest BCUT2D eigenvalue weighted by Crippen LogP contribution is -1.98. The smallest absolute Gasteiger partial charge is 0.144 e. The second-order valence-corrected chi connectivity index (χ2v) is 6.04. The highest BCUT2D eigenvalue weighted by molar-refractivity contribution is 9.10. The van der Waals surface area contributed by atoms with Crippen LogP contribution < -0.4 is 0 Å². The van der Waals surface area contributed by atoms with Gasteiger partial charge in [-0.2, -0.15) is 0 Å². The number of aryl methyl sites for hydroxylation is 1. The molecule has 1 fully saturated rings. The molecule has 19 heavy (non-hydrogen) atoms. The average molecular weight is 339 g/mol. The van der Waals surface area contributed by atoms with Gasteiger partial charge in [0.1, 0.15) is 16.3 Å². The second-order valence-electron chi connectivity index (χ2n) is 4.86. The third kappa shape index (κ3) is 2.49. The number of halogens is 2. The van der Waals surface area contributed by atoms with Crippen molar-refractivity contribution in [1.82, 2.24) is 9.97 Å². The Labute approximate surface area is 124 Å². The van der Waals surface area contributed by atoms with Crippen molar-refractivity contribution >= 4 is 28.1 Å². The number of aromatic amines is 1. The summed E-state index contributed by atoms with van der Waals surface area (Å²) in [7, 11) is 0. The van der Waals surface area contributed by atoms with E-state index in [0.717, 1.165) is 28.6 Å². The first-order valence-electron chi connectivity index (χ1n) is 6.12. The molecule has 1 aromatic carbocycles. The highest BCUT2D eigenvalue weighted by Crippen LogP contribution is 2.42. The summed E-state index contributed by atoms with van der Waals surface area (Å²) in [5.41, 5.74) is 2.43. The van der Waals surface area contributed by atoms with E-state index in [0.29, 0.717) is 21.9 Å². The van der Waals surface area contributed by atoms with Gasteiger partial charge >= 0.3 is 0 Å². The van der Waals surface area contributed by atoms with Gasteiger partial charge in [0.15, 0.2) is 0 Å². The van der Waals surface area contributed by atoms with Crippen molar-refractivity contribution in [3.05, 3.63) is 44.4 Å². The molecule has 5 heteroatoms. The minimum absolute atomic E-state index is 0.227. The maximum atomic E-state index is 13.6. The summed E-state index contributed by atoms with van der Waals surface area (Å²) in [4.78, 5) is 7.62. The Kier molecular flexibility index (Phi) is 3.27. The maximum absolute atomic E-state index is 13.6. The Morgan fingerprint density at radius 3 is 2.79 bits per heavy atom. The third-order valence-corrected chi connectivity index (χ3v) is 4.68. The standard InChI is InChI=1S/C14H12BrFN2S/c1-7-2-3-9(6-10(7)16)13-17-12(8-4-5-8)11(15)14(19)18-13/h2-3,6,8H,4-5H2,1H3,(H,17,18,19). The molecule has 0 spiro atoms. The molecule has 1 aromatic heterocycles. The van der Waals surface area contributed by atoms with E-state index < -0.39 is 0 Å². The normalized spacial score (nSPS) is 14.7. The first kappa shape index (κ1) is 12.9. The van der Waals surface area contributed by atoms with Crippen molar-refractivity contribution in [2.45, 2.75) is 25.7 Å². The van der Waals surface area contributed by atoms with E-state index in [1.54, 1.807) is 13.0 Å². The van der Waals surface area contributed by atoms with Crippen molar-refractivity contribution in [3.63, 3.8) is 0 Å². The van der Waals surface area contributed by atoms with E-state index in [9.17, 15) is 4.39 Å². The molecule has 1 saturated carbocycles. The first-order valence-corrected chi connectivity index (χ1v) is 7.32.